The molecule has 0 aliphatic carbocycles. The number of hydrogen-bond donors (Lipinski definition) is 1. The Hall–Kier alpha value is -1.10. The monoisotopic (exact) mass is 323 g/mol. The SMILES string of the molecule is CC(C)CN1CCCC(CNC(=O)CN2CCCCCC2=O)C1. The van der Waals surface area contributed by atoms with Gasteiger partial charge in [0.05, 0.1) is 6.54 Å². The largest absolute Gasteiger partial charge is 0.354 e. The Labute approximate surface area is 140 Å². The van der Waals surface area contributed by atoms with Crippen molar-refractivity contribution in [3.8, 4) is 0 Å². The number of hydrogen-bond acceptors (Lipinski definition) is 3. The summed E-state index contributed by atoms with van der Waals surface area (Å²) in [5.74, 6) is 1.38. The maximum atomic E-state index is 12.2. The van der Waals surface area contributed by atoms with Crippen LogP contribution in [0.3, 0.4) is 0 Å². The standard InChI is InChI=1S/C18H33N3O2/c1-15(2)12-20-9-6-7-16(13-20)11-19-17(22)14-21-10-5-3-4-8-18(21)23/h15-16H,3-14H2,1-2H3,(H,19,22). The van der Waals surface area contributed by atoms with Gasteiger partial charge in [0.1, 0.15) is 0 Å². The van der Waals surface area contributed by atoms with Crippen LogP contribution in [-0.2, 0) is 9.59 Å². The van der Waals surface area contributed by atoms with Gasteiger partial charge in [-0.05, 0) is 44.1 Å². The lowest BCUT2D eigenvalue weighted by molar-refractivity contribution is -0.135. The predicted octanol–water partition coefficient (Wildman–Crippen LogP) is 1.87. The number of carbonyl (C=O) groups is 2. The first-order valence-electron chi connectivity index (χ1n) is 9.31. The van der Waals surface area contributed by atoms with Gasteiger partial charge < -0.3 is 15.1 Å². The molecule has 2 saturated heterocycles. The highest BCUT2D eigenvalue weighted by Crippen LogP contribution is 2.17. The Bertz CT molecular complexity index is 398. The van der Waals surface area contributed by atoms with E-state index in [1.807, 2.05) is 0 Å². The fourth-order valence-electron chi connectivity index (χ4n) is 3.69. The average molecular weight is 323 g/mol. The van der Waals surface area contributed by atoms with Crippen molar-refractivity contribution in [3.05, 3.63) is 0 Å². The summed E-state index contributed by atoms with van der Waals surface area (Å²) >= 11 is 0. The molecular formula is C18H33N3O2. The van der Waals surface area contributed by atoms with E-state index in [1.165, 1.54) is 19.4 Å². The highest BCUT2D eigenvalue weighted by Gasteiger charge is 2.22. The molecule has 2 heterocycles. The molecule has 2 rings (SSSR count). The van der Waals surface area contributed by atoms with Crippen LogP contribution >= 0.6 is 0 Å². The van der Waals surface area contributed by atoms with Crippen molar-refractivity contribution in [3.63, 3.8) is 0 Å². The molecule has 2 fully saturated rings. The smallest absolute Gasteiger partial charge is 0.239 e. The van der Waals surface area contributed by atoms with E-state index >= 15 is 0 Å². The van der Waals surface area contributed by atoms with Crippen LogP contribution in [0.4, 0.5) is 0 Å². The summed E-state index contributed by atoms with van der Waals surface area (Å²) in [7, 11) is 0. The Morgan fingerprint density at radius 1 is 1.22 bits per heavy atom. The van der Waals surface area contributed by atoms with Crippen LogP contribution in [0.25, 0.3) is 0 Å². The second kappa shape index (κ2) is 9.26. The highest BCUT2D eigenvalue weighted by molar-refractivity contribution is 5.84. The molecule has 2 aliphatic heterocycles. The predicted molar refractivity (Wildman–Crippen MR) is 92.1 cm³/mol. The first kappa shape index (κ1) is 18.2. The molecule has 5 heteroatoms. The third-order valence-electron chi connectivity index (χ3n) is 4.82. The van der Waals surface area contributed by atoms with E-state index in [9.17, 15) is 9.59 Å². The van der Waals surface area contributed by atoms with Crippen LogP contribution < -0.4 is 5.32 Å². The van der Waals surface area contributed by atoms with E-state index in [4.69, 9.17) is 0 Å². The molecule has 0 aromatic rings. The molecule has 0 saturated carbocycles. The molecule has 1 unspecified atom stereocenters. The second-order valence-electron chi connectivity index (χ2n) is 7.59. The van der Waals surface area contributed by atoms with E-state index in [2.05, 4.69) is 24.1 Å². The fourth-order valence-corrected chi connectivity index (χ4v) is 3.69. The van der Waals surface area contributed by atoms with Crippen molar-refractivity contribution >= 4 is 11.8 Å². The molecule has 0 aromatic carbocycles. The molecule has 1 atom stereocenters. The summed E-state index contributed by atoms with van der Waals surface area (Å²) < 4.78 is 0. The van der Waals surface area contributed by atoms with Crippen LogP contribution in [-0.4, -0.2) is 60.9 Å². The molecule has 0 spiro atoms. The van der Waals surface area contributed by atoms with Gasteiger partial charge in [0.25, 0.3) is 0 Å². The van der Waals surface area contributed by atoms with Crippen LogP contribution in [0.2, 0.25) is 0 Å². The third-order valence-corrected chi connectivity index (χ3v) is 4.82. The van der Waals surface area contributed by atoms with Gasteiger partial charge in [0.2, 0.25) is 11.8 Å². The van der Waals surface area contributed by atoms with E-state index in [0.29, 0.717) is 18.3 Å². The lowest BCUT2D eigenvalue weighted by atomic mass is 9.97. The van der Waals surface area contributed by atoms with Gasteiger partial charge in [-0.3, -0.25) is 9.59 Å². The number of carbonyl (C=O) groups excluding carboxylic acids is 2. The van der Waals surface area contributed by atoms with Crippen molar-refractivity contribution in [2.45, 2.75) is 52.4 Å². The molecule has 0 radical (unpaired) electrons. The van der Waals surface area contributed by atoms with Gasteiger partial charge in [-0.1, -0.05) is 20.3 Å². The molecule has 0 bridgehead atoms. The summed E-state index contributed by atoms with van der Waals surface area (Å²) in [6.07, 6.45) is 6.09. The Morgan fingerprint density at radius 3 is 2.83 bits per heavy atom. The normalized spacial score (nSPS) is 23.9. The van der Waals surface area contributed by atoms with Crippen molar-refractivity contribution in [1.82, 2.24) is 15.1 Å². The Balaban J connectivity index is 1.70. The quantitative estimate of drug-likeness (QED) is 0.812. The molecule has 132 valence electrons. The van der Waals surface area contributed by atoms with Gasteiger partial charge in [0.15, 0.2) is 0 Å². The molecule has 0 aromatic heterocycles. The van der Waals surface area contributed by atoms with Crippen LogP contribution in [0.5, 0.6) is 0 Å². The minimum Gasteiger partial charge on any atom is -0.354 e. The topological polar surface area (TPSA) is 52.7 Å². The van der Waals surface area contributed by atoms with Crippen LogP contribution in [0, 0.1) is 11.8 Å². The molecule has 2 amide bonds. The zero-order chi connectivity index (χ0) is 16.7. The van der Waals surface area contributed by atoms with Gasteiger partial charge >= 0.3 is 0 Å². The van der Waals surface area contributed by atoms with Gasteiger partial charge in [0, 0.05) is 32.6 Å². The number of rotatable bonds is 6. The zero-order valence-electron chi connectivity index (χ0n) is 14.9. The average Bonchev–Trinajstić information content (AvgIpc) is 2.70. The number of nitrogens with zero attached hydrogens (tertiary/aromatic N) is 2. The van der Waals surface area contributed by atoms with E-state index in [1.54, 1.807) is 4.90 Å². The number of piperidine rings is 1. The summed E-state index contributed by atoms with van der Waals surface area (Å²) in [5.41, 5.74) is 0. The minimum absolute atomic E-state index is 0.00114. The minimum atomic E-state index is 0.00114. The van der Waals surface area contributed by atoms with Crippen molar-refractivity contribution < 1.29 is 9.59 Å². The van der Waals surface area contributed by atoms with E-state index < -0.39 is 0 Å². The second-order valence-corrected chi connectivity index (χ2v) is 7.59. The van der Waals surface area contributed by atoms with Gasteiger partial charge in [-0.15, -0.1) is 0 Å². The van der Waals surface area contributed by atoms with Gasteiger partial charge in [-0.25, -0.2) is 0 Å². The number of amides is 2. The van der Waals surface area contributed by atoms with Crippen LogP contribution in [0.15, 0.2) is 0 Å². The van der Waals surface area contributed by atoms with Crippen molar-refractivity contribution in [2.24, 2.45) is 11.8 Å². The molecule has 2 aliphatic rings. The number of nitrogens with one attached hydrogen (secondary N) is 1. The fraction of sp³-hybridized carbons (Fsp3) is 0.889. The van der Waals surface area contributed by atoms with Gasteiger partial charge in [-0.2, -0.15) is 0 Å². The van der Waals surface area contributed by atoms with Crippen molar-refractivity contribution in [1.29, 1.82) is 0 Å². The molecule has 5 nitrogen and oxygen atoms in total. The summed E-state index contributed by atoms with van der Waals surface area (Å²) in [5, 5.41) is 3.06. The van der Waals surface area contributed by atoms with Crippen LogP contribution in [0.1, 0.15) is 52.4 Å². The Morgan fingerprint density at radius 2 is 2.04 bits per heavy atom. The third kappa shape index (κ3) is 6.50. The lowest BCUT2D eigenvalue weighted by Gasteiger charge is -2.34. The molecule has 23 heavy (non-hydrogen) atoms. The first-order valence-corrected chi connectivity index (χ1v) is 9.31. The zero-order valence-corrected chi connectivity index (χ0v) is 14.9. The summed E-state index contributed by atoms with van der Waals surface area (Å²) in [6.45, 7) is 9.64. The maximum absolute atomic E-state index is 12.2. The highest BCUT2D eigenvalue weighted by atomic mass is 16.2. The number of likely N-dealkylation sites (tertiary alicyclic amines) is 2. The summed E-state index contributed by atoms with van der Waals surface area (Å²) in [6, 6.07) is 0. The Kier molecular flexibility index (Phi) is 7.34. The van der Waals surface area contributed by atoms with E-state index in [0.717, 1.165) is 45.4 Å². The van der Waals surface area contributed by atoms with Crippen molar-refractivity contribution in [2.75, 3.05) is 39.3 Å². The maximum Gasteiger partial charge on any atom is 0.239 e. The molecular weight excluding hydrogens is 290 g/mol. The lowest BCUT2D eigenvalue weighted by Crippen LogP contribution is -2.45. The van der Waals surface area contributed by atoms with E-state index in [-0.39, 0.29) is 18.4 Å². The summed E-state index contributed by atoms with van der Waals surface area (Å²) in [4.78, 5) is 28.3. The molecule has 1 N–H and O–H groups in total. The first-order chi connectivity index (χ1) is 11.0.